The number of ether oxygens (including phenoxy) is 1. The van der Waals surface area contributed by atoms with Crippen LogP contribution in [-0.4, -0.2) is 93.7 Å². The number of amides is 2. The number of likely N-dealkylation sites (tertiary alicyclic amines) is 1. The molecule has 3 aliphatic rings. The Morgan fingerprint density at radius 3 is 2.77 bits per heavy atom. The van der Waals surface area contributed by atoms with Crippen LogP contribution in [0.3, 0.4) is 0 Å². The molecule has 0 bridgehead atoms. The number of carbonyl (C=O) groups is 2. The minimum Gasteiger partial charge on any atom is -0.379 e. The molecule has 194 valence electrons. The van der Waals surface area contributed by atoms with Crippen LogP contribution in [0, 0.1) is 0 Å². The summed E-state index contributed by atoms with van der Waals surface area (Å²) in [6.07, 6.45) is 5.81. The molecule has 3 aliphatic heterocycles. The summed E-state index contributed by atoms with van der Waals surface area (Å²) in [7, 11) is -3.70. The van der Waals surface area contributed by atoms with E-state index in [1.165, 1.54) is 46.3 Å². The maximum absolute atomic E-state index is 13.1. The van der Waals surface area contributed by atoms with Crippen LogP contribution in [0.25, 0.3) is 0 Å². The zero-order valence-electron chi connectivity index (χ0n) is 20.4. The number of fused-ring (bicyclic) bond motifs is 1. The Bertz CT molecular complexity index is 1010. The molecule has 4 rings (SSSR count). The van der Waals surface area contributed by atoms with E-state index in [4.69, 9.17) is 4.74 Å². The second-order valence-corrected chi connectivity index (χ2v) is 12.2. The summed E-state index contributed by atoms with van der Waals surface area (Å²) < 4.78 is 32.9. The first-order chi connectivity index (χ1) is 16.9. The van der Waals surface area contributed by atoms with Gasteiger partial charge in [0.2, 0.25) is 21.8 Å². The molecule has 0 radical (unpaired) electrons. The highest BCUT2D eigenvalue weighted by atomic mass is 32.2. The molecule has 0 aromatic heterocycles. The first-order valence-corrected chi connectivity index (χ1v) is 15.0. The fourth-order valence-electron chi connectivity index (χ4n) is 4.98. The highest BCUT2D eigenvalue weighted by Crippen LogP contribution is 2.37. The first-order valence-electron chi connectivity index (χ1n) is 12.6. The zero-order valence-corrected chi connectivity index (χ0v) is 22.0. The molecule has 35 heavy (non-hydrogen) atoms. The molecule has 0 unspecified atom stereocenters. The lowest BCUT2D eigenvalue weighted by atomic mass is 10.00. The fourth-order valence-corrected chi connectivity index (χ4v) is 7.32. The van der Waals surface area contributed by atoms with E-state index in [-0.39, 0.29) is 29.0 Å². The number of hydrogen-bond donors (Lipinski definition) is 1. The number of morpholine rings is 1. The van der Waals surface area contributed by atoms with E-state index >= 15 is 0 Å². The number of thioether (sulfide) groups is 1. The molecule has 2 fully saturated rings. The quantitative estimate of drug-likeness (QED) is 0.493. The van der Waals surface area contributed by atoms with Crippen LogP contribution in [0.5, 0.6) is 0 Å². The molecule has 3 heterocycles. The standard InChI is InChI=1S/C24H36N4O5S2/c1-2-19-6-3-4-10-26(19)11-5-9-25-23(29)17-28-21-16-20(7-8-22(21)34-18-24(28)30)35(31,32)27-12-14-33-15-13-27/h7-8,16,19H,2-6,9-15,17-18H2,1H3,(H,25,29)/t19-/m1/s1. The Kier molecular flexibility index (Phi) is 9.09. The van der Waals surface area contributed by atoms with E-state index < -0.39 is 10.0 Å². The zero-order chi connectivity index (χ0) is 24.8. The second kappa shape index (κ2) is 12.1. The number of anilines is 1. The number of sulfonamides is 1. The van der Waals surface area contributed by atoms with Gasteiger partial charge in [-0.2, -0.15) is 4.31 Å². The van der Waals surface area contributed by atoms with Crippen molar-refractivity contribution in [3.63, 3.8) is 0 Å². The smallest absolute Gasteiger partial charge is 0.243 e. The summed E-state index contributed by atoms with van der Waals surface area (Å²) in [6, 6.07) is 5.48. The average Bonchev–Trinajstić information content (AvgIpc) is 2.88. The second-order valence-electron chi connectivity index (χ2n) is 9.21. The topological polar surface area (TPSA) is 99.3 Å². The van der Waals surface area contributed by atoms with Crippen LogP contribution in [-0.2, 0) is 24.3 Å². The molecule has 1 atom stereocenters. The van der Waals surface area contributed by atoms with Crippen molar-refractivity contribution in [2.24, 2.45) is 0 Å². The summed E-state index contributed by atoms with van der Waals surface area (Å²) in [5.41, 5.74) is 0.481. The number of carbonyl (C=O) groups excluding carboxylic acids is 2. The van der Waals surface area contributed by atoms with Gasteiger partial charge in [0.25, 0.3) is 0 Å². The molecule has 0 aliphatic carbocycles. The summed E-state index contributed by atoms with van der Waals surface area (Å²) in [5.74, 6) is -0.204. The number of piperidine rings is 1. The van der Waals surface area contributed by atoms with Crippen LogP contribution < -0.4 is 10.2 Å². The molecule has 0 spiro atoms. The molecular formula is C24H36N4O5S2. The Morgan fingerprint density at radius 1 is 1.20 bits per heavy atom. The molecule has 2 saturated heterocycles. The maximum atomic E-state index is 13.1. The third-order valence-electron chi connectivity index (χ3n) is 6.95. The van der Waals surface area contributed by atoms with Gasteiger partial charge in [-0.1, -0.05) is 13.3 Å². The number of nitrogens with zero attached hydrogens (tertiary/aromatic N) is 3. The predicted octanol–water partition coefficient (Wildman–Crippen LogP) is 1.92. The van der Waals surface area contributed by atoms with Gasteiger partial charge in [0.15, 0.2) is 0 Å². The highest BCUT2D eigenvalue weighted by Gasteiger charge is 2.31. The maximum Gasteiger partial charge on any atom is 0.243 e. The Morgan fingerprint density at radius 2 is 2.00 bits per heavy atom. The van der Waals surface area contributed by atoms with Crippen molar-refractivity contribution >= 4 is 39.3 Å². The van der Waals surface area contributed by atoms with Gasteiger partial charge in [-0.3, -0.25) is 9.59 Å². The molecular weight excluding hydrogens is 488 g/mol. The van der Waals surface area contributed by atoms with E-state index in [0.29, 0.717) is 44.6 Å². The molecule has 1 aromatic rings. The van der Waals surface area contributed by atoms with Gasteiger partial charge in [0, 0.05) is 37.1 Å². The molecule has 1 N–H and O–H groups in total. The highest BCUT2D eigenvalue weighted by molar-refractivity contribution is 8.00. The minimum absolute atomic E-state index is 0.116. The van der Waals surface area contributed by atoms with E-state index in [9.17, 15) is 18.0 Å². The lowest BCUT2D eigenvalue weighted by molar-refractivity contribution is -0.123. The number of hydrogen-bond acceptors (Lipinski definition) is 7. The SMILES string of the molecule is CC[C@@H]1CCCCN1CCCNC(=O)CN1C(=O)CSc2ccc(S(=O)(=O)N3CCOCC3)cc21. The van der Waals surface area contributed by atoms with Crippen LogP contribution in [0.4, 0.5) is 5.69 Å². The van der Waals surface area contributed by atoms with Crippen molar-refractivity contribution in [2.45, 2.75) is 54.9 Å². The first kappa shape index (κ1) is 26.4. The molecule has 9 nitrogen and oxygen atoms in total. The van der Waals surface area contributed by atoms with Crippen molar-refractivity contribution in [1.82, 2.24) is 14.5 Å². The molecule has 1 aromatic carbocycles. The van der Waals surface area contributed by atoms with Gasteiger partial charge in [0.05, 0.1) is 29.5 Å². The Labute approximate surface area is 212 Å². The minimum atomic E-state index is -3.70. The summed E-state index contributed by atoms with van der Waals surface area (Å²) in [6.45, 7) is 6.08. The average molecular weight is 525 g/mol. The van der Waals surface area contributed by atoms with Gasteiger partial charge in [-0.15, -0.1) is 11.8 Å². The normalized spacial score (nSPS) is 22.1. The van der Waals surface area contributed by atoms with Gasteiger partial charge < -0.3 is 19.9 Å². The third kappa shape index (κ3) is 6.37. The van der Waals surface area contributed by atoms with E-state index in [1.807, 2.05) is 0 Å². The molecule has 2 amide bonds. The lowest BCUT2D eigenvalue weighted by Crippen LogP contribution is -2.44. The monoisotopic (exact) mass is 524 g/mol. The Balaban J connectivity index is 1.37. The summed E-state index contributed by atoms with van der Waals surface area (Å²) >= 11 is 1.37. The van der Waals surface area contributed by atoms with Crippen molar-refractivity contribution in [2.75, 3.05) is 63.1 Å². The van der Waals surface area contributed by atoms with Gasteiger partial charge in [0.1, 0.15) is 6.54 Å². The van der Waals surface area contributed by atoms with E-state index in [2.05, 4.69) is 17.1 Å². The summed E-state index contributed by atoms with van der Waals surface area (Å²) in [4.78, 5) is 30.3. The third-order valence-corrected chi connectivity index (χ3v) is 9.89. The number of benzene rings is 1. The largest absolute Gasteiger partial charge is 0.379 e. The number of rotatable bonds is 9. The predicted molar refractivity (Wildman–Crippen MR) is 136 cm³/mol. The van der Waals surface area contributed by atoms with Crippen LogP contribution in [0.15, 0.2) is 28.0 Å². The van der Waals surface area contributed by atoms with Crippen molar-refractivity contribution < 1.29 is 22.7 Å². The Hall–Kier alpha value is -1.66. The van der Waals surface area contributed by atoms with Gasteiger partial charge in [-0.25, -0.2) is 8.42 Å². The van der Waals surface area contributed by atoms with Crippen LogP contribution in [0.1, 0.15) is 39.0 Å². The van der Waals surface area contributed by atoms with Crippen molar-refractivity contribution in [1.29, 1.82) is 0 Å². The van der Waals surface area contributed by atoms with Crippen LogP contribution >= 0.6 is 11.8 Å². The van der Waals surface area contributed by atoms with Crippen molar-refractivity contribution in [3.05, 3.63) is 18.2 Å². The van der Waals surface area contributed by atoms with Gasteiger partial charge >= 0.3 is 0 Å². The van der Waals surface area contributed by atoms with E-state index in [0.717, 1.165) is 30.8 Å². The fraction of sp³-hybridized carbons (Fsp3) is 0.667. The molecule has 0 saturated carbocycles. The van der Waals surface area contributed by atoms with Crippen molar-refractivity contribution in [3.8, 4) is 0 Å². The van der Waals surface area contributed by atoms with E-state index in [1.54, 1.807) is 12.1 Å². The summed E-state index contributed by atoms with van der Waals surface area (Å²) in [5, 5.41) is 2.94. The number of nitrogens with one attached hydrogen (secondary N) is 1. The molecule has 11 heteroatoms. The lowest BCUT2D eigenvalue weighted by Gasteiger charge is -2.35. The van der Waals surface area contributed by atoms with Gasteiger partial charge in [-0.05, 0) is 50.4 Å². The van der Waals surface area contributed by atoms with Crippen LogP contribution in [0.2, 0.25) is 0 Å².